The number of benzene rings is 1. The zero-order chi connectivity index (χ0) is 9.14. The lowest BCUT2D eigenvalue weighted by atomic mass is 10.1. The first-order chi connectivity index (χ1) is 5.65. The second-order valence-electron chi connectivity index (χ2n) is 2.60. The van der Waals surface area contributed by atoms with Crippen LogP contribution in [0.3, 0.4) is 0 Å². The molecule has 12 heavy (non-hydrogen) atoms. The third kappa shape index (κ3) is 1.85. The van der Waals surface area contributed by atoms with Crippen molar-refractivity contribution >= 4 is 21.9 Å². The third-order valence-electron chi connectivity index (χ3n) is 1.64. The third-order valence-corrected chi connectivity index (χ3v) is 2.24. The van der Waals surface area contributed by atoms with Gasteiger partial charge in [0.2, 0.25) is 0 Å². The Hall–Kier alpha value is -0.830. The average molecular weight is 229 g/mol. The smallest absolute Gasteiger partial charge is 0.336 e. The molecule has 64 valence electrons. The van der Waals surface area contributed by atoms with E-state index in [1.807, 2.05) is 19.1 Å². The number of hydrogen-bond acceptors (Lipinski definition) is 1. The van der Waals surface area contributed by atoms with Gasteiger partial charge in [-0.15, -0.1) is 0 Å². The van der Waals surface area contributed by atoms with Crippen LogP contribution in [0.25, 0.3) is 0 Å². The van der Waals surface area contributed by atoms with Gasteiger partial charge in [0.1, 0.15) is 0 Å². The molecule has 0 spiro atoms. The van der Waals surface area contributed by atoms with Crippen molar-refractivity contribution in [3.8, 4) is 0 Å². The van der Waals surface area contributed by atoms with E-state index >= 15 is 0 Å². The standard InChI is InChI=1S/C9H9BrO2/c1-6-2-3-7(5-10)8(4-6)9(11)12/h2-4H,5H2,1H3,(H,11,12). The Labute approximate surface area is 79.3 Å². The van der Waals surface area contributed by atoms with E-state index in [0.717, 1.165) is 11.1 Å². The molecule has 2 nitrogen and oxygen atoms in total. The van der Waals surface area contributed by atoms with E-state index in [9.17, 15) is 4.79 Å². The number of halogens is 1. The van der Waals surface area contributed by atoms with E-state index in [1.54, 1.807) is 6.07 Å². The molecule has 0 aromatic heterocycles. The molecule has 0 heterocycles. The molecular weight excluding hydrogens is 220 g/mol. The molecule has 1 rings (SSSR count). The quantitative estimate of drug-likeness (QED) is 0.791. The lowest BCUT2D eigenvalue weighted by Crippen LogP contribution is -2.01. The van der Waals surface area contributed by atoms with Gasteiger partial charge in [0.15, 0.2) is 0 Å². The van der Waals surface area contributed by atoms with Crippen LogP contribution >= 0.6 is 15.9 Å². The van der Waals surface area contributed by atoms with E-state index in [-0.39, 0.29) is 0 Å². The minimum Gasteiger partial charge on any atom is -0.478 e. The van der Waals surface area contributed by atoms with Crippen LogP contribution in [0.5, 0.6) is 0 Å². The van der Waals surface area contributed by atoms with E-state index in [0.29, 0.717) is 10.9 Å². The van der Waals surface area contributed by atoms with Gasteiger partial charge in [-0.2, -0.15) is 0 Å². The molecule has 0 atom stereocenters. The highest BCUT2D eigenvalue weighted by Crippen LogP contribution is 2.14. The van der Waals surface area contributed by atoms with Crippen LogP contribution in [0, 0.1) is 6.92 Å². The van der Waals surface area contributed by atoms with Crippen molar-refractivity contribution in [1.29, 1.82) is 0 Å². The summed E-state index contributed by atoms with van der Waals surface area (Å²) in [5, 5.41) is 9.38. The molecule has 0 saturated carbocycles. The van der Waals surface area contributed by atoms with Gasteiger partial charge < -0.3 is 5.11 Å². The van der Waals surface area contributed by atoms with Gasteiger partial charge in [0, 0.05) is 5.33 Å². The summed E-state index contributed by atoms with van der Waals surface area (Å²) in [6.07, 6.45) is 0. The summed E-state index contributed by atoms with van der Waals surface area (Å²) in [5.41, 5.74) is 2.16. The minimum atomic E-state index is -0.867. The normalized spacial score (nSPS) is 9.83. The minimum absolute atomic E-state index is 0.381. The SMILES string of the molecule is Cc1ccc(CBr)c(C(=O)O)c1. The van der Waals surface area contributed by atoms with Gasteiger partial charge >= 0.3 is 5.97 Å². The van der Waals surface area contributed by atoms with Gasteiger partial charge in [0.25, 0.3) is 0 Å². The summed E-state index contributed by atoms with van der Waals surface area (Å²) in [6.45, 7) is 1.88. The highest BCUT2D eigenvalue weighted by atomic mass is 79.9. The molecule has 1 N–H and O–H groups in total. The molecule has 0 fully saturated rings. The molecule has 0 radical (unpaired) electrons. The predicted molar refractivity (Wildman–Crippen MR) is 50.8 cm³/mol. The first-order valence-electron chi connectivity index (χ1n) is 3.54. The van der Waals surface area contributed by atoms with E-state index in [1.165, 1.54) is 0 Å². The second kappa shape index (κ2) is 3.72. The van der Waals surface area contributed by atoms with Crippen LogP contribution in [0.15, 0.2) is 18.2 Å². The number of rotatable bonds is 2. The Morgan fingerprint density at radius 1 is 1.58 bits per heavy atom. The average Bonchev–Trinajstić information content (AvgIpc) is 2.04. The number of aromatic carboxylic acids is 1. The Morgan fingerprint density at radius 2 is 2.25 bits per heavy atom. The number of hydrogen-bond donors (Lipinski definition) is 1. The summed E-state index contributed by atoms with van der Waals surface area (Å²) in [6, 6.07) is 5.41. The zero-order valence-electron chi connectivity index (χ0n) is 6.67. The first-order valence-corrected chi connectivity index (χ1v) is 4.66. The maximum Gasteiger partial charge on any atom is 0.336 e. The van der Waals surface area contributed by atoms with Gasteiger partial charge in [0.05, 0.1) is 5.56 Å². The van der Waals surface area contributed by atoms with Crippen LogP contribution < -0.4 is 0 Å². The van der Waals surface area contributed by atoms with Crippen molar-refractivity contribution in [3.63, 3.8) is 0 Å². The fourth-order valence-corrected chi connectivity index (χ4v) is 1.49. The van der Waals surface area contributed by atoms with Gasteiger partial charge in [-0.3, -0.25) is 0 Å². The first kappa shape index (κ1) is 9.26. The molecule has 3 heteroatoms. The van der Waals surface area contributed by atoms with Crippen molar-refractivity contribution in [2.24, 2.45) is 0 Å². The number of carboxylic acids is 1. The Balaban J connectivity index is 3.21. The van der Waals surface area contributed by atoms with Crippen molar-refractivity contribution in [2.75, 3.05) is 0 Å². The van der Waals surface area contributed by atoms with Gasteiger partial charge in [-0.05, 0) is 18.6 Å². The van der Waals surface area contributed by atoms with Gasteiger partial charge in [-0.25, -0.2) is 4.79 Å². The number of alkyl halides is 1. The van der Waals surface area contributed by atoms with Crippen LogP contribution in [0.1, 0.15) is 21.5 Å². The summed E-state index contributed by atoms with van der Waals surface area (Å²) < 4.78 is 0. The molecule has 1 aromatic rings. The van der Waals surface area contributed by atoms with Crippen LogP contribution in [0.4, 0.5) is 0 Å². The summed E-state index contributed by atoms with van der Waals surface area (Å²) >= 11 is 3.24. The maximum atomic E-state index is 10.7. The van der Waals surface area contributed by atoms with Gasteiger partial charge in [-0.1, -0.05) is 33.6 Å². The largest absolute Gasteiger partial charge is 0.478 e. The van der Waals surface area contributed by atoms with Crippen LogP contribution in [-0.4, -0.2) is 11.1 Å². The van der Waals surface area contributed by atoms with Crippen molar-refractivity contribution in [3.05, 3.63) is 34.9 Å². The topological polar surface area (TPSA) is 37.3 Å². The summed E-state index contributed by atoms with van der Waals surface area (Å²) in [7, 11) is 0. The molecule has 0 aliphatic carbocycles. The number of carbonyl (C=O) groups is 1. The highest BCUT2D eigenvalue weighted by molar-refractivity contribution is 9.08. The molecular formula is C9H9BrO2. The molecule has 0 aliphatic rings. The van der Waals surface area contributed by atoms with E-state index in [4.69, 9.17) is 5.11 Å². The van der Waals surface area contributed by atoms with Crippen molar-refractivity contribution in [2.45, 2.75) is 12.3 Å². The molecule has 0 amide bonds. The van der Waals surface area contributed by atoms with Crippen molar-refractivity contribution < 1.29 is 9.90 Å². The summed E-state index contributed by atoms with van der Waals surface area (Å²) in [4.78, 5) is 10.7. The van der Waals surface area contributed by atoms with Crippen LogP contribution in [0.2, 0.25) is 0 Å². The monoisotopic (exact) mass is 228 g/mol. The lowest BCUT2D eigenvalue weighted by molar-refractivity contribution is 0.0696. The predicted octanol–water partition coefficient (Wildman–Crippen LogP) is 2.59. The highest BCUT2D eigenvalue weighted by Gasteiger charge is 2.08. The fourth-order valence-electron chi connectivity index (χ4n) is 1.01. The molecule has 0 saturated heterocycles. The van der Waals surface area contributed by atoms with Crippen LogP contribution in [-0.2, 0) is 5.33 Å². The second-order valence-corrected chi connectivity index (χ2v) is 3.16. The Kier molecular flexibility index (Phi) is 2.87. The zero-order valence-corrected chi connectivity index (χ0v) is 8.26. The lowest BCUT2D eigenvalue weighted by Gasteiger charge is -2.02. The van der Waals surface area contributed by atoms with E-state index < -0.39 is 5.97 Å². The molecule has 0 bridgehead atoms. The Morgan fingerprint density at radius 3 is 2.75 bits per heavy atom. The fraction of sp³-hybridized carbons (Fsp3) is 0.222. The van der Waals surface area contributed by atoms with Crippen molar-refractivity contribution in [1.82, 2.24) is 0 Å². The molecule has 0 unspecified atom stereocenters. The maximum absolute atomic E-state index is 10.7. The number of carboxylic acid groups (broad SMARTS) is 1. The summed E-state index contributed by atoms with van der Waals surface area (Å²) in [5.74, 6) is -0.867. The van der Waals surface area contributed by atoms with E-state index in [2.05, 4.69) is 15.9 Å². The molecule has 0 aliphatic heterocycles. The number of aryl methyl sites for hydroxylation is 1. The Bertz CT molecular complexity index is 307. The molecule has 1 aromatic carbocycles.